The second-order valence-corrected chi connectivity index (χ2v) is 4.73. The predicted octanol–water partition coefficient (Wildman–Crippen LogP) is 1.25. The van der Waals surface area contributed by atoms with Gasteiger partial charge >= 0.3 is 5.97 Å². The summed E-state index contributed by atoms with van der Waals surface area (Å²) in [4.78, 5) is 22.7. The van der Waals surface area contributed by atoms with Crippen LogP contribution in [0.1, 0.15) is 33.6 Å². The summed E-state index contributed by atoms with van der Waals surface area (Å²) >= 11 is 0. The predicted molar refractivity (Wildman–Crippen MR) is 75.7 cm³/mol. The number of carbonyl (C=O) groups is 2. The first-order valence-corrected chi connectivity index (χ1v) is 6.76. The average Bonchev–Trinajstić information content (AvgIpc) is 2.39. The van der Waals surface area contributed by atoms with E-state index in [2.05, 4.69) is 29.2 Å². The number of hydrogen-bond donors (Lipinski definition) is 2. The van der Waals surface area contributed by atoms with Gasteiger partial charge in [-0.05, 0) is 12.3 Å². The molecule has 0 rings (SSSR count). The standard InChI is InChI=1S/C14H26N2O3/c1-5-12(14(18)19-4)6-8-15-9-7-13(17)16-10-11(2)3/h6,11,15H,5,7-10H2,1-4H3,(H,16,17). The molecule has 0 atom stereocenters. The molecule has 110 valence electrons. The number of carbonyl (C=O) groups excluding carboxylic acids is 2. The Morgan fingerprint density at radius 1 is 1.32 bits per heavy atom. The Kier molecular flexibility index (Phi) is 9.80. The lowest BCUT2D eigenvalue weighted by Crippen LogP contribution is -2.30. The first-order chi connectivity index (χ1) is 9.01. The topological polar surface area (TPSA) is 67.4 Å². The molecule has 2 N–H and O–H groups in total. The van der Waals surface area contributed by atoms with Gasteiger partial charge in [-0.1, -0.05) is 26.8 Å². The summed E-state index contributed by atoms with van der Waals surface area (Å²) in [6.45, 7) is 7.89. The zero-order valence-electron chi connectivity index (χ0n) is 12.4. The van der Waals surface area contributed by atoms with Gasteiger partial charge in [-0.3, -0.25) is 4.79 Å². The van der Waals surface area contributed by atoms with Gasteiger partial charge in [-0.2, -0.15) is 0 Å². The second-order valence-electron chi connectivity index (χ2n) is 4.73. The van der Waals surface area contributed by atoms with E-state index < -0.39 is 0 Å². The van der Waals surface area contributed by atoms with Crippen LogP contribution < -0.4 is 10.6 Å². The Labute approximate surface area is 115 Å². The van der Waals surface area contributed by atoms with Gasteiger partial charge in [0.25, 0.3) is 0 Å². The molecule has 0 saturated heterocycles. The molecule has 0 aliphatic rings. The molecule has 0 aliphatic carbocycles. The third kappa shape index (κ3) is 9.25. The summed E-state index contributed by atoms with van der Waals surface area (Å²) in [5, 5.41) is 5.95. The van der Waals surface area contributed by atoms with E-state index in [1.165, 1.54) is 7.11 Å². The fraction of sp³-hybridized carbons (Fsp3) is 0.714. The van der Waals surface area contributed by atoms with Crippen LogP contribution in [-0.2, 0) is 14.3 Å². The van der Waals surface area contributed by atoms with Crippen molar-refractivity contribution in [3.63, 3.8) is 0 Å². The van der Waals surface area contributed by atoms with E-state index >= 15 is 0 Å². The molecule has 19 heavy (non-hydrogen) atoms. The number of esters is 1. The molecule has 0 heterocycles. The fourth-order valence-electron chi connectivity index (χ4n) is 1.41. The van der Waals surface area contributed by atoms with Gasteiger partial charge in [-0.15, -0.1) is 0 Å². The van der Waals surface area contributed by atoms with Crippen LogP contribution in [-0.4, -0.2) is 38.6 Å². The van der Waals surface area contributed by atoms with E-state index in [1.54, 1.807) is 6.08 Å². The van der Waals surface area contributed by atoms with Crippen molar-refractivity contribution in [2.45, 2.75) is 33.6 Å². The van der Waals surface area contributed by atoms with Crippen LogP contribution in [0.25, 0.3) is 0 Å². The minimum Gasteiger partial charge on any atom is -0.466 e. The van der Waals surface area contributed by atoms with Crippen LogP contribution in [0.5, 0.6) is 0 Å². The van der Waals surface area contributed by atoms with Gasteiger partial charge in [-0.25, -0.2) is 4.79 Å². The molecule has 0 spiro atoms. The summed E-state index contributed by atoms with van der Waals surface area (Å²) in [5.41, 5.74) is 0.652. The molecule has 5 nitrogen and oxygen atoms in total. The van der Waals surface area contributed by atoms with Crippen molar-refractivity contribution in [1.29, 1.82) is 0 Å². The van der Waals surface area contributed by atoms with Crippen LogP contribution >= 0.6 is 0 Å². The normalized spacial score (nSPS) is 11.5. The Morgan fingerprint density at radius 3 is 2.53 bits per heavy atom. The Morgan fingerprint density at radius 2 is 2.00 bits per heavy atom. The van der Waals surface area contributed by atoms with Crippen molar-refractivity contribution in [3.05, 3.63) is 11.6 Å². The quantitative estimate of drug-likeness (QED) is 0.376. The van der Waals surface area contributed by atoms with Gasteiger partial charge in [0.2, 0.25) is 5.91 Å². The molecule has 0 aliphatic heterocycles. The zero-order valence-corrected chi connectivity index (χ0v) is 12.4. The third-order valence-corrected chi connectivity index (χ3v) is 2.56. The Bertz CT molecular complexity index is 312. The van der Waals surface area contributed by atoms with Crippen molar-refractivity contribution >= 4 is 11.9 Å². The van der Waals surface area contributed by atoms with Crippen LogP contribution in [0.3, 0.4) is 0 Å². The van der Waals surface area contributed by atoms with Crippen LogP contribution in [0.15, 0.2) is 11.6 Å². The summed E-state index contributed by atoms with van der Waals surface area (Å²) in [6.07, 6.45) is 2.89. The maximum Gasteiger partial charge on any atom is 0.333 e. The molecule has 0 saturated carbocycles. The Hall–Kier alpha value is -1.36. The molecule has 1 amide bonds. The molecule has 0 bridgehead atoms. The maximum atomic E-state index is 11.4. The lowest BCUT2D eigenvalue weighted by Gasteiger charge is -2.08. The lowest BCUT2D eigenvalue weighted by molar-refractivity contribution is -0.136. The van der Waals surface area contributed by atoms with Gasteiger partial charge in [0.1, 0.15) is 0 Å². The highest BCUT2D eigenvalue weighted by Gasteiger charge is 2.05. The Balaban J connectivity index is 3.76. The van der Waals surface area contributed by atoms with Crippen molar-refractivity contribution in [3.8, 4) is 0 Å². The molecule has 0 aromatic heterocycles. The smallest absolute Gasteiger partial charge is 0.333 e. The molecule has 0 radical (unpaired) electrons. The highest BCUT2D eigenvalue weighted by Crippen LogP contribution is 2.01. The van der Waals surface area contributed by atoms with Crippen LogP contribution in [0.2, 0.25) is 0 Å². The summed E-state index contributed by atoms with van der Waals surface area (Å²) in [5.74, 6) is 0.222. The third-order valence-electron chi connectivity index (χ3n) is 2.56. The molecular formula is C14H26N2O3. The molecule has 0 aromatic carbocycles. The summed E-state index contributed by atoms with van der Waals surface area (Å²) in [6, 6.07) is 0. The SMILES string of the molecule is CCC(=CCNCCC(=O)NCC(C)C)C(=O)OC. The highest BCUT2D eigenvalue weighted by molar-refractivity contribution is 5.88. The largest absolute Gasteiger partial charge is 0.466 e. The number of nitrogens with one attached hydrogen (secondary N) is 2. The van der Waals surface area contributed by atoms with Crippen molar-refractivity contribution in [2.75, 3.05) is 26.7 Å². The first-order valence-electron chi connectivity index (χ1n) is 6.76. The maximum absolute atomic E-state index is 11.4. The van der Waals surface area contributed by atoms with Crippen LogP contribution in [0, 0.1) is 5.92 Å². The second kappa shape index (κ2) is 10.6. The molecule has 0 unspecified atom stereocenters. The van der Waals surface area contributed by atoms with Crippen LogP contribution in [0.4, 0.5) is 0 Å². The zero-order chi connectivity index (χ0) is 14.7. The minimum atomic E-state index is -0.293. The van der Waals surface area contributed by atoms with E-state index in [0.717, 1.165) is 0 Å². The lowest BCUT2D eigenvalue weighted by atomic mass is 10.2. The number of rotatable bonds is 9. The van der Waals surface area contributed by atoms with Crippen molar-refractivity contribution in [2.24, 2.45) is 5.92 Å². The van der Waals surface area contributed by atoms with E-state index in [-0.39, 0.29) is 11.9 Å². The number of methoxy groups -OCH3 is 1. The van der Waals surface area contributed by atoms with E-state index in [1.807, 2.05) is 6.92 Å². The van der Waals surface area contributed by atoms with E-state index in [9.17, 15) is 9.59 Å². The molecule has 0 fully saturated rings. The number of amides is 1. The van der Waals surface area contributed by atoms with Gasteiger partial charge in [0.15, 0.2) is 0 Å². The monoisotopic (exact) mass is 270 g/mol. The van der Waals surface area contributed by atoms with Crippen molar-refractivity contribution < 1.29 is 14.3 Å². The van der Waals surface area contributed by atoms with Crippen molar-refractivity contribution in [1.82, 2.24) is 10.6 Å². The first kappa shape index (κ1) is 17.6. The molecular weight excluding hydrogens is 244 g/mol. The van der Waals surface area contributed by atoms with Gasteiger partial charge in [0, 0.05) is 31.6 Å². The molecule has 5 heteroatoms. The minimum absolute atomic E-state index is 0.0499. The highest BCUT2D eigenvalue weighted by atomic mass is 16.5. The van der Waals surface area contributed by atoms with E-state index in [4.69, 9.17) is 0 Å². The van der Waals surface area contributed by atoms with Gasteiger partial charge < -0.3 is 15.4 Å². The molecule has 0 aromatic rings. The number of ether oxygens (including phenoxy) is 1. The summed E-state index contributed by atoms with van der Waals surface area (Å²) < 4.78 is 4.65. The number of hydrogen-bond acceptors (Lipinski definition) is 4. The summed E-state index contributed by atoms with van der Waals surface area (Å²) in [7, 11) is 1.37. The van der Waals surface area contributed by atoms with E-state index in [0.29, 0.717) is 44.0 Å². The fourth-order valence-corrected chi connectivity index (χ4v) is 1.41. The average molecular weight is 270 g/mol. The van der Waals surface area contributed by atoms with Gasteiger partial charge in [0.05, 0.1) is 7.11 Å².